The van der Waals surface area contributed by atoms with Crippen molar-refractivity contribution in [1.82, 2.24) is 9.97 Å². The Morgan fingerprint density at radius 1 is 1.54 bits per heavy atom. The van der Waals surface area contributed by atoms with E-state index in [1.807, 2.05) is 0 Å². The van der Waals surface area contributed by atoms with Gasteiger partial charge in [-0.1, -0.05) is 0 Å². The monoisotopic (exact) mass is 178 g/mol. The molecule has 0 bridgehead atoms. The van der Waals surface area contributed by atoms with Crippen LogP contribution in [-0.4, -0.2) is 28.5 Å². The zero-order valence-corrected chi connectivity index (χ0v) is 7.14. The lowest BCUT2D eigenvalue weighted by molar-refractivity contribution is 0.0637. The molecule has 0 amide bonds. The summed E-state index contributed by atoms with van der Waals surface area (Å²) in [7, 11) is 0. The first-order valence-corrected chi connectivity index (χ1v) is 4.30. The third-order valence-electron chi connectivity index (χ3n) is 2.04. The fraction of sp³-hybridized carbons (Fsp3) is 0.444. The van der Waals surface area contributed by atoms with Gasteiger partial charge in [-0.15, -0.1) is 0 Å². The van der Waals surface area contributed by atoms with Gasteiger partial charge in [0.05, 0.1) is 6.20 Å². The Morgan fingerprint density at radius 3 is 3.08 bits per heavy atom. The number of nitrogens with zero attached hydrogens (tertiary/aromatic N) is 2. The molecule has 2 heterocycles. The summed E-state index contributed by atoms with van der Waals surface area (Å²) >= 11 is 0. The molecule has 1 saturated heterocycles. The Kier molecular flexibility index (Phi) is 2.31. The molecule has 1 aliphatic rings. The van der Waals surface area contributed by atoms with Gasteiger partial charge in [0.1, 0.15) is 11.8 Å². The van der Waals surface area contributed by atoms with Crippen molar-refractivity contribution in [3.8, 4) is 0 Å². The summed E-state index contributed by atoms with van der Waals surface area (Å²) in [6.45, 7) is 0.677. The Bertz CT molecular complexity index is 294. The molecule has 68 valence electrons. The second-order valence-electron chi connectivity index (χ2n) is 2.96. The predicted octanol–water partition coefficient (Wildman–Crippen LogP) is 0.838. The molecule has 0 N–H and O–H groups in total. The topological polar surface area (TPSA) is 52.1 Å². The minimum Gasteiger partial charge on any atom is -0.370 e. The van der Waals surface area contributed by atoms with E-state index < -0.39 is 0 Å². The van der Waals surface area contributed by atoms with Crippen LogP contribution >= 0.6 is 0 Å². The maximum Gasteiger partial charge on any atom is 0.211 e. The highest BCUT2D eigenvalue weighted by atomic mass is 16.5. The van der Waals surface area contributed by atoms with Gasteiger partial charge in [-0.3, -0.25) is 9.78 Å². The number of carbonyl (C=O) groups excluding carboxylic acids is 1. The van der Waals surface area contributed by atoms with E-state index in [0.29, 0.717) is 12.3 Å². The average Bonchev–Trinajstić information content (AvgIpc) is 2.71. The van der Waals surface area contributed by atoms with Crippen molar-refractivity contribution >= 4 is 5.78 Å². The molecule has 1 aliphatic heterocycles. The zero-order chi connectivity index (χ0) is 9.10. The minimum atomic E-state index is -0.295. The molecule has 1 atom stereocenters. The Labute approximate surface area is 76.0 Å². The first-order valence-electron chi connectivity index (χ1n) is 4.30. The van der Waals surface area contributed by atoms with Crippen LogP contribution in [0.4, 0.5) is 0 Å². The van der Waals surface area contributed by atoms with Crippen molar-refractivity contribution in [1.29, 1.82) is 0 Å². The molecule has 1 aromatic heterocycles. The van der Waals surface area contributed by atoms with E-state index in [1.54, 1.807) is 6.20 Å². The van der Waals surface area contributed by atoms with Crippen molar-refractivity contribution in [2.75, 3.05) is 6.61 Å². The highest BCUT2D eigenvalue weighted by molar-refractivity contribution is 5.97. The Balaban J connectivity index is 2.13. The zero-order valence-electron chi connectivity index (χ0n) is 7.14. The fourth-order valence-corrected chi connectivity index (χ4v) is 1.38. The molecular formula is C9H10N2O2. The van der Waals surface area contributed by atoms with Crippen LogP contribution in [0.5, 0.6) is 0 Å². The van der Waals surface area contributed by atoms with Crippen molar-refractivity contribution in [2.24, 2.45) is 0 Å². The van der Waals surface area contributed by atoms with Gasteiger partial charge in [-0.2, -0.15) is 0 Å². The van der Waals surface area contributed by atoms with Crippen molar-refractivity contribution in [3.05, 3.63) is 24.3 Å². The van der Waals surface area contributed by atoms with E-state index >= 15 is 0 Å². The number of Topliss-reactive ketones (excluding diaryl/α,β-unsaturated/α-hetero) is 1. The molecule has 0 aliphatic carbocycles. The fourth-order valence-electron chi connectivity index (χ4n) is 1.38. The van der Waals surface area contributed by atoms with Gasteiger partial charge in [0, 0.05) is 19.0 Å². The van der Waals surface area contributed by atoms with E-state index in [9.17, 15) is 4.79 Å². The largest absolute Gasteiger partial charge is 0.370 e. The molecule has 2 rings (SSSR count). The average molecular weight is 178 g/mol. The van der Waals surface area contributed by atoms with Crippen molar-refractivity contribution < 1.29 is 9.53 Å². The summed E-state index contributed by atoms with van der Waals surface area (Å²) < 4.78 is 5.25. The van der Waals surface area contributed by atoms with Crippen LogP contribution in [0.1, 0.15) is 23.3 Å². The molecule has 0 spiro atoms. The van der Waals surface area contributed by atoms with Gasteiger partial charge in [-0.05, 0) is 12.8 Å². The SMILES string of the molecule is O=C(c1cnccn1)C1CCCO1. The molecular weight excluding hydrogens is 168 g/mol. The molecule has 4 nitrogen and oxygen atoms in total. The first-order chi connectivity index (χ1) is 6.38. The van der Waals surface area contributed by atoms with Crippen LogP contribution in [0.3, 0.4) is 0 Å². The summed E-state index contributed by atoms with van der Waals surface area (Å²) in [5, 5.41) is 0. The number of carbonyl (C=O) groups is 1. The lowest BCUT2D eigenvalue weighted by atomic mass is 10.1. The summed E-state index contributed by atoms with van der Waals surface area (Å²) in [5.74, 6) is -0.0504. The molecule has 13 heavy (non-hydrogen) atoms. The molecule has 1 fully saturated rings. The maximum absolute atomic E-state index is 11.6. The van der Waals surface area contributed by atoms with Crippen LogP contribution in [0.25, 0.3) is 0 Å². The van der Waals surface area contributed by atoms with E-state index in [-0.39, 0.29) is 11.9 Å². The normalized spacial score (nSPS) is 21.7. The minimum absolute atomic E-state index is 0.0504. The second-order valence-corrected chi connectivity index (χ2v) is 2.96. The Hall–Kier alpha value is -1.29. The first kappa shape index (κ1) is 8.31. The smallest absolute Gasteiger partial charge is 0.211 e. The molecule has 4 heteroatoms. The molecule has 0 radical (unpaired) electrons. The number of hydrogen-bond acceptors (Lipinski definition) is 4. The summed E-state index contributed by atoms with van der Waals surface area (Å²) in [5.41, 5.74) is 0.398. The van der Waals surface area contributed by atoms with E-state index in [2.05, 4.69) is 9.97 Å². The molecule has 1 unspecified atom stereocenters. The molecule has 0 saturated carbocycles. The lowest BCUT2D eigenvalue weighted by Crippen LogP contribution is -2.20. The third-order valence-corrected chi connectivity index (χ3v) is 2.04. The van der Waals surface area contributed by atoms with Gasteiger partial charge in [-0.25, -0.2) is 4.98 Å². The lowest BCUT2D eigenvalue weighted by Gasteiger charge is -2.05. The number of rotatable bonds is 2. The van der Waals surface area contributed by atoms with Gasteiger partial charge in [0.25, 0.3) is 0 Å². The molecule has 1 aromatic rings. The molecule has 0 aromatic carbocycles. The highest BCUT2D eigenvalue weighted by Gasteiger charge is 2.25. The van der Waals surface area contributed by atoms with Crippen LogP contribution in [0, 0.1) is 0 Å². The number of ketones is 1. The Morgan fingerprint density at radius 2 is 2.46 bits per heavy atom. The number of hydrogen-bond donors (Lipinski definition) is 0. The standard InChI is InChI=1S/C9H10N2O2/c12-9(8-2-1-5-13-8)7-6-10-3-4-11-7/h3-4,6,8H,1-2,5H2. The number of ether oxygens (including phenoxy) is 1. The van der Waals surface area contributed by atoms with Crippen LogP contribution in [0.2, 0.25) is 0 Å². The highest BCUT2D eigenvalue weighted by Crippen LogP contribution is 2.15. The van der Waals surface area contributed by atoms with Crippen LogP contribution < -0.4 is 0 Å². The van der Waals surface area contributed by atoms with E-state index in [0.717, 1.165) is 12.8 Å². The third kappa shape index (κ3) is 1.72. The van der Waals surface area contributed by atoms with E-state index in [1.165, 1.54) is 12.4 Å². The van der Waals surface area contributed by atoms with Crippen LogP contribution in [-0.2, 0) is 4.74 Å². The van der Waals surface area contributed by atoms with E-state index in [4.69, 9.17) is 4.74 Å². The quantitative estimate of drug-likeness (QED) is 0.629. The summed E-state index contributed by atoms with van der Waals surface area (Å²) in [6, 6.07) is 0. The van der Waals surface area contributed by atoms with Crippen LogP contribution in [0.15, 0.2) is 18.6 Å². The summed E-state index contributed by atoms with van der Waals surface area (Å²) in [6.07, 6.45) is 6.00. The predicted molar refractivity (Wildman–Crippen MR) is 45.3 cm³/mol. The van der Waals surface area contributed by atoms with Crippen molar-refractivity contribution in [2.45, 2.75) is 18.9 Å². The van der Waals surface area contributed by atoms with Crippen molar-refractivity contribution in [3.63, 3.8) is 0 Å². The second kappa shape index (κ2) is 3.62. The maximum atomic E-state index is 11.6. The van der Waals surface area contributed by atoms with Gasteiger partial charge in [0.2, 0.25) is 5.78 Å². The summed E-state index contributed by atoms with van der Waals surface area (Å²) in [4.78, 5) is 19.4. The van der Waals surface area contributed by atoms with Gasteiger partial charge >= 0.3 is 0 Å². The number of aromatic nitrogens is 2. The van der Waals surface area contributed by atoms with Gasteiger partial charge in [0.15, 0.2) is 0 Å². The van der Waals surface area contributed by atoms with Gasteiger partial charge < -0.3 is 4.74 Å².